The van der Waals surface area contributed by atoms with E-state index in [1.54, 1.807) is 0 Å². The lowest BCUT2D eigenvalue weighted by molar-refractivity contribution is 0.0799. The number of hydrogen-bond donors (Lipinski definition) is 2. The molecule has 86 valence electrons. The summed E-state index contributed by atoms with van der Waals surface area (Å²) in [5.41, 5.74) is 0. The zero-order chi connectivity index (χ0) is 10.3. The number of aliphatic hydroxyl groups excluding tert-OH is 1. The molecule has 0 aromatic rings. The van der Waals surface area contributed by atoms with Gasteiger partial charge >= 0.3 is 0 Å². The van der Waals surface area contributed by atoms with Crippen molar-refractivity contribution in [1.82, 2.24) is 5.32 Å². The molecule has 2 bridgehead atoms. The highest BCUT2D eigenvalue weighted by Crippen LogP contribution is 2.44. The third kappa shape index (κ3) is 1.94. The van der Waals surface area contributed by atoms with E-state index in [4.69, 9.17) is 0 Å². The zero-order valence-corrected chi connectivity index (χ0v) is 9.49. The first-order valence-electron chi connectivity index (χ1n) is 6.77. The van der Waals surface area contributed by atoms with Gasteiger partial charge in [0.05, 0.1) is 6.10 Å². The lowest BCUT2D eigenvalue weighted by Gasteiger charge is -2.34. The van der Waals surface area contributed by atoms with E-state index in [-0.39, 0.29) is 6.10 Å². The van der Waals surface area contributed by atoms with Crippen molar-refractivity contribution in [2.75, 3.05) is 0 Å². The van der Waals surface area contributed by atoms with Crippen LogP contribution in [0.1, 0.15) is 51.4 Å². The molecular weight excluding hydrogens is 186 g/mol. The molecule has 5 atom stereocenters. The fourth-order valence-corrected chi connectivity index (χ4v) is 4.03. The van der Waals surface area contributed by atoms with Crippen LogP contribution in [0.2, 0.25) is 0 Å². The second-order valence-electron chi connectivity index (χ2n) is 5.91. The fraction of sp³-hybridized carbons (Fsp3) is 1.00. The van der Waals surface area contributed by atoms with Gasteiger partial charge in [0.25, 0.3) is 0 Å². The molecule has 0 unspecified atom stereocenters. The molecule has 0 aliphatic heterocycles. The van der Waals surface area contributed by atoms with Crippen molar-refractivity contribution in [3.8, 4) is 0 Å². The van der Waals surface area contributed by atoms with Crippen molar-refractivity contribution in [2.45, 2.75) is 69.6 Å². The van der Waals surface area contributed by atoms with E-state index in [2.05, 4.69) is 5.32 Å². The number of fused-ring (bicyclic) bond motifs is 2. The van der Waals surface area contributed by atoms with Crippen LogP contribution in [-0.2, 0) is 0 Å². The molecule has 0 aromatic heterocycles. The lowest BCUT2D eigenvalue weighted by atomic mass is 9.89. The molecule has 3 aliphatic carbocycles. The van der Waals surface area contributed by atoms with E-state index in [9.17, 15) is 5.11 Å². The molecule has 0 aromatic carbocycles. The van der Waals surface area contributed by atoms with E-state index < -0.39 is 0 Å². The summed E-state index contributed by atoms with van der Waals surface area (Å²) in [6.45, 7) is 0. The third-order valence-electron chi connectivity index (χ3n) is 4.90. The molecule has 15 heavy (non-hydrogen) atoms. The normalized spacial score (nSPS) is 49.8. The first-order valence-corrected chi connectivity index (χ1v) is 6.77. The number of aliphatic hydroxyl groups is 1. The largest absolute Gasteiger partial charge is 0.392 e. The maximum atomic E-state index is 9.94. The van der Waals surface area contributed by atoms with Crippen LogP contribution < -0.4 is 5.32 Å². The van der Waals surface area contributed by atoms with Gasteiger partial charge in [-0.3, -0.25) is 0 Å². The Bertz CT molecular complexity index is 231. The van der Waals surface area contributed by atoms with Crippen LogP contribution in [0.3, 0.4) is 0 Å². The minimum Gasteiger partial charge on any atom is -0.392 e. The van der Waals surface area contributed by atoms with Gasteiger partial charge in [-0.1, -0.05) is 19.3 Å². The minimum absolute atomic E-state index is 0.0714. The standard InChI is InChI=1S/C13H23NO/c15-13-4-2-1-3-11(13)14-12-8-9-5-6-10(12)7-9/h9-15H,1-8H2/t9-,10-,11-,12-,13+/m1/s1. The average molecular weight is 209 g/mol. The van der Waals surface area contributed by atoms with Crippen LogP contribution in [0, 0.1) is 11.8 Å². The van der Waals surface area contributed by atoms with E-state index >= 15 is 0 Å². The topological polar surface area (TPSA) is 32.3 Å². The quantitative estimate of drug-likeness (QED) is 0.729. The van der Waals surface area contributed by atoms with Crippen LogP contribution in [0.4, 0.5) is 0 Å². The maximum Gasteiger partial charge on any atom is 0.0693 e. The summed E-state index contributed by atoms with van der Waals surface area (Å²) in [6.07, 6.45) is 10.4. The smallest absolute Gasteiger partial charge is 0.0693 e. The Morgan fingerprint density at radius 3 is 2.40 bits per heavy atom. The molecule has 3 aliphatic rings. The van der Waals surface area contributed by atoms with Crippen LogP contribution in [0.25, 0.3) is 0 Å². The van der Waals surface area contributed by atoms with Crippen LogP contribution >= 0.6 is 0 Å². The molecule has 0 spiro atoms. The van der Waals surface area contributed by atoms with Crippen LogP contribution in [0.15, 0.2) is 0 Å². The molecule has 0 saturated heterocycles. The summed E-state index contributed by atoms with van der Waals surface area (Å²) in [5.74, 6) is 1.94. The molecule has 0 heterocycles. The summed E-state index contributed by atoms with van der Waals surface area (Å²) < 4.78 is 0. The van der Waals surface area contributed by atoms with Gasteiger partial charge in [0, 0.05) is 12.1 Å². The van der Waals surface area contributed by atoms with Gasteiger partial charge in [0.15, 0.2) is 0 Å². The Kier molecular flexibility index (Phi) is 2.73. The minimum atomic E-state index is -0.0714. The van der Waals surface area contributed by atoms with Gasteiger partial charge in [-0.05, 0) is 43.9 Å². The first-order chi connectivity index (χ1) is 7.33. The molecule has 0 amide bonds. The first kappa shape index (κ1) is 10.1. The van der Waals surface area contributed by atoms with Crippen molar-refractivity contribution in [3.63, 3.8) is 0 Å². The Balaban J connectivity index is 1.56. The summed E-state index contributed by atoms with van der Waals surface area (Å²) in [4.78, 5) is 0. The van der Waals surface area contributed by atoms with Crippen molar-refractivity contribution in [2.24, 2.45) is 11.8 Å². The highest BCUT2D eigenvalue weighted by molar-refractivity contribution is 4.96. The summed E-state index contributed by atoms with van der Waals surface area (Å²) in [7, 11) is 0. The van der Waals surface area contributed by atoms with E-state index in [0.717, 1.165) is 24.3 Å². The van der Waals surface area contributed by atoms with Gasteiger partial charge < -0.3 is 10.4 Å². The highest BCUT2D eigenvalue weighted by Gasteiger charge is 2.40. The van der Waals surface area contributed by atoms with Gasteiger partial charge in [-0.25, -0.2) is 0 Å². The SMILES string of the molecule is O[C@H]1CCCC[C@H]1N[C@@H]1C[C@@H]2CC[C@@H]1C2. The fourth-order valence-electron chi connectivity index (χ4n) is 4.03. The zero-order valence-electron chi connectivity index (χ0n) is 9.49. The van der Waals surface area contributed by atoms with E-state index in [1.807, 2.05) is 0 Å². The second kappa shape index (κ2) is 4.06. The van der Waals surface area contributed by atoms with E-state index in [1.165, 1.54) is 44.9 Å². The van der Waals surface area contributed by atoms with Crippen molar-refractivity contribution in [3.05, 3.63) is 0 Å². The molecular formula is C13H23NO. The van der Waals surface area contributed by atoms with Crippen LogP contribution in [0.5, 0.6) is 0 Å². The van der Waals surface area contributed by atoms with Gasteiger partial charge in [0.1, 0.15) is 0 Å². The van der Waals surface area contributed by atoms with Crippen molar-refractivity contribution < 1.29 is 5.11 Å². The molecule has 3 fully saturated rings. The monoisotopic (exact) mass is 209 g/mol. The predicted molar refractivity (Wildman–Crippen MR) is 60.6 cm³/mol. The Labute approximate surface area is 92.4 Å². The summed E-state index contributed by atoms with van der Waals surface area (Å²) in [6, 6.07) is 1.14. The molecule has 3 rings (SSSR count). The highest BCUT2D eigenvalue weighted by atomic mass is 16.3. The van der Waals surface area contributed by atoms with Gasteiger partial charge in [-0.15, -0.1) is 0 Å². The Morgan fingerprint density at radius 2 is 1.73 bits per heavy atom. The molecule has 2 heteroatoms. The number of rotatable bonds is 2. The number of hydrogen-bond acceptors (Lipinski definition) is 2. The number of nitrogens with one attached hydrogen (secondary N) is 1. The maximum absolute atomic E-state index is 9.94. The van der Waals surface area contributed by atoms with Crippen LogP contribution in [-0.4, -0.2) is 23.3 Å². The van der Waals surface area contributed by atoms with Crippen molar-refractivity contribution in [1.29, 1.82) is 0 Å². The van der Waals surface area contributed by atoms with E-state index in [0.29, 0.717) is 6.04 Å². The molecule has 2 N–H and O–H groups in total. The Hall–Kier alpha value is -0.0800. The molecule has 3 saturated carbocycles. The van der Waals surface area contributed by atoms with Crippen molar-refractivity contribution >= 4 is 0 Å². The third-order valence-corrected chi connectivity index (χ3v) is 4.90. The average Bonchev–Trinajstić information content (AvgIpc) is 2.83. The molecule has 0 radical (unpaired) electrons. The van der Waals surface area contributed by atoms with Gasteiger partial charge in [0.2, 0.25) is 0 Å². The predicted octanol–water partition coefficient (Wildman–Crippen LogP) is 2.07. The Morgan fingerprint density at radius 1 is 0.867 bits per heavy atom. The lowest BCUT2D eigenvalue weighted by Crippen LogP contribution is -2.48. The summed E-state index contributed by atoms with van der Waals surface area (Å²) in [5, 5.41) is 13.7. The second-order valence-corrected chi connectivity index (χ2v) is 5.91. The van der Waals surface area contributed by atoms with Gasteiger partial charge in [-0.2, -0.15) is 0 Å². The summed E-state index contributed by atoms with van der Waals surface area (Å²) >= 11 is 0. The molecule has 2 nitrogen and oxygen atoms in total.